The molecule has 3 saturated heterocycles. The topological polar surface area (TPSA) is 106 Å². The van der Waals surface area contributed by atoms with Gasteiger partial charge < -0.3 is 15.0 Å². The molecule has 0 amide bonds. The number of H-pyrrole nitrogens is 1. The summed E-state index contributed by atoms with van der Waals surface area (Å²) >= 11 is 0. The van der Waals surface area contributed by atoms with Gasteiger partial charge in [-0.2, -0.15) is 20.3 Å². The highest BCUT2D eigenvalue weighted by molar-refractivity contribution is 6.00. The minimum atomic E-state index is -0.876. The molecule has 5 heterocycles. The molecule has 0 saturated carbocycles. The van der Waals surface area contributed by atoms with Crippen LogP contribution in [-0.2, 0) is 0 Å². The predicted molar refractivity (Wildman–Crippen MR) is 152 cm³/mol. The van der Waals surface area contributed by atoms with E-state index in [-0.39, 0.29) is 29.7 Å². The van der Waals surface area contributed by atoms with E-state index in [1.807, 2.05) is 25.1 Å². The number of aromatic nitrogens is 4. The fourth-order valence-electron chi connectivity index (χ4n) is 7.02. The molecule has 0 bridgehead atoms. The SMILES string of the molecule is Cc1ccc2[nH]ncc2c1-c1ccc2c(N3CCN[C@@H](CC#N)C3)nc(OC[C@@]34CCCN3C[C@H](F)C4)nc2c1F. The second kappa shape index (κ2) is 10.2. The fraction of sp³-hybridized carbons (Fsp3) is 0.467. The molecule has 2 N–H and O–H groups in total. The van der Waals surface area contributed by atoms with E-state index < -0.39 is 12.0 Å². The number of nitriles is 1. The third-order valence-corrected chi connectivity index (χ3v) is 8.99. The molecule has 3 aliphatic heterocycles. The van der Waals surface area contributed by atoms with Gasteiger partial charge in [0.25, 0.3) is 0 Å². The number of nitrogens with one attached hydrogen (secondary N) is 2. The molecule has 3 aliphatic rings. The van der Waals surface area contributed by atoms with Gasteiger partial charge in [-0.05, 0) is 49.6 Å². The van der Waals surface area contributed by atoms with Crippen molar-refractivity contribution in [1.29, 1.82) is 5.26 Å². The Balaban J connectivity index is 1.33. The van der Waals surface area contributed by atoms with Gasteiger partial charge in [-0.25, -0.2) is 8.78 Å². The zero-order valence-corrected chi connectivity index (χ0v) is 23.0. The number of piperazine rings is 1. The number of hydrogen-bond donors (Lipinski definition) is 2. The second-order valence-corrected chi connectivity index (χ2v) is 11.6. The molecule has 7 rings (SSSR count). The summed E-state index contributed by atoms with van der Waals surface area (Å²) < 4.78 is 37.2. The summed E-state index contributed by atoms with van der Waals surface area (Å²) in [5.74, 6) is 0.121. The highest BCUT2D eigenvalue weighted by Crippen LogP contribution is 2.41. The Hall–Kier alpha value is -3.88. The number of rotatable bonds is 6. The van der Waals surface area contributed by atoms with E-state index in [0.717, 1.165) is 41.4 Å². The van der Waals surface area contributed by atoms with E-state index in [0.29, 0.717) is 55.8 Å². The van der Waals surface area contributed by atoms with Gasteiger partial charge in [-0.1, -0.05) is 12.1 Å². The van der Waals surface area contributed by atoms with Crippen molar-refractivity contribution in [3.05, 3.63) is 41.8 Å². The first-order valence-corrected chi connectivity index (χ1v) is 14.3. The number of nitrogens with zero attached hydrogens (tertiary/aromatic N) is 6. The molecule has 4 aromatic rings. The summed E-state index contributed by atoms with van der Waals surface area (Å²) in [5, 5.41) is 21.2. The molecule has 11 heteroatoms. The first-order valence-electron chi connectivity index (χ1n) is 14.3. The smallest absolute Gasteiger partial charge is 0.319 e. The Morgan fingerprint density at radius 3 is 2.95 bits per heavy atom. The highest BCUT2D eigenvalue weighted by atomic mass is 19.1. The van der Waals surface area contributed by atoms with Gasteiger partial charge in [0.15, 0.2) is 5.82 Å². The number of fused-ring (bicyclic) bond motifs is 3. The van der Waals surface area contributed by atoms with Crippen molar-refractivity contribution in [2.75, 3.05) is 44.2 Å². The van der Waals surface area contributed by atoms with Crippen LogP contribution in [0.3, 0.4) is 0 Å². The zero-order valence-electron chi connectivity index (χ0n) is 23.0. The van der Waals surface area contributed by atoms with Crippen molar-refractivity contribution in [3.8, 4) is 23.2 Å². The van der Waals surface area contributed by atoms with Gasteiger partial charge in [0.2, 0.25) is 0 Å². The van der Waals surface area contributed by atoms with Gasteiger partial charge in [-0.15, -0.1) is 0 Å². The lowest BCUT2D eigenvalue weighted by molar-refractivity contribution is 0.107. The molecule has 0 aliphatic carbocycles. The molecule has 0 radical (unpaired) electrons. The summed E-state index contributed by atoms with van der Waals surface area (Å²) in [6, 6.07) is 9.83. The molecule has 212 valence electrons. The Morgan fingerprint density at radius 1 is 1.17 bits per heavy atom. The van der Waals surface area contributed by atoms with Gasteiger partial charge in [-0.3, -0.25) is 10.00 Å². The number of hydrogen-bond acceptors (Lipinski definition) is 8. The van der Waals surface area contributed by atoms with Crippen LogP contribution in [0.2, 0.25) is 0 Å². The fourth-order valence-corrected chi connectivity index (χ4v) is 7.02. The number of anilines is 1. The van der Waals surface area contributed by atoms with Crippen LogP contribution in [-0.4, -0.2) is 82.1 Å². The Kier molecular flexibility index (Phi) is 6.47. The number of alkyl halides is 1. The van der Waals surface area contributed by atoms with E-state index in [2.05, 4.69) is 36.4 Å². The van der Waals surface area contributed by atoms with E-state index in [1.165, 1.54) is 0 Å². The Labute approximate surface area is 236 Å². The molecular weight excluding hydrogens is 526 g/mol. The van der Waals surface area contributed by atoms with Crippen LogP contribution in [0.25, 0.3) is 32.9 Å². The lowest BCUT2D eigenvalue weighted by Crippen LogP contribution is -2.51. The number of ether oxygens (including phenoxy) is 1. The van der Waals surface area contributed by atoms with Crippen molar-refractivity contribution in [2.24, 2.45) is 0 Å². The number of halogens is 2. The van der Waals surface area contributed by atoms with E-state index >= 15 is 4.39 Å². The molecule has 2 aromatic heterocycles. The van der Waals surface area contributed by atoms with E-state index in [4.69, 9.17) is 9.72 Å². The van der Waals surface area contributed by atoms with Crippen molar-refractivity contribution in [1.82, 2.24) is 30.4 Å². The van der Waals surface area contributed by atoms with E-state index in [9.17, 15) is 9.65 Å². The maximum atomic E-state index is 16.6. The lowest BCUT2D eigenvalue weighted by Gasteiger charge is -2.34. The summed E-state index contributed by atoms with van der Waals surface area (Å²) in [7, 11) is 0. The van der Waals surface area contributed by atoms with Crippen molar-refractivity contribution in [3.63, 3.8) is 0 Å². The monoisotopic (exact) mass is 558 g/mol. The third-order valence-electron chi connectivity index (χ3n) is 8.99. The van der Waals surface area contributed by atoms with Gasteiger partial charge in [0, 0.05) is 55.0 Å². The molecule has 41 heavy (non-hydrogen) atoms. The normalized spacial score (nSPS) is 24.7. The van der Waals surface area contributed by atoms with Crippen molar-refractivity contribution in [2.45, 2.75) is 50.4 Å². The molecule has 2 aromatic carbocycles. The maximum Gasteiger partial charge on any atom is 0.319 e. The molecule has 9 nitrogen and oxygen atoms in total. The molecule has 0 unspecified atom stereocenters. The summed E-state index contributed by atoms with van der Waals surface area (Å²) in [4.78, 5) is 13.7. The standard InChI is InChI=1S/C30H32F2N8O/c1-18-3-6-24-23(14-35-38-24)25(18)21-4-5-22-27(26(21)32)36-29(37-28(22)39-12-10-34-20(16-39)7-9-33)41-17-30-8-2-11-40(30)15-19(31)13-30/h3-6,14,19-20,34H,2,7-8,10-13,15-17H2,1H3,(H,35,38)/t19-,20+,30+/m1/s1. The first kappa shape index (κ1) is 26.0. The molecule has 3 atom stereocenters. The van der Waals surface area contributed by atoms with Crippen LogP contribution in [0.4, 0.5) is 14.6 Å². The van der Waals surface area contributed by atoms with Crippen LogP contribution in [0.5, 0.6) is 6.01 Å². The average Bonchev–Trinajstić information content (AvgIpc) is 3.67. The minimum Gasteiger partial charge on any atom is -0.461 e. The van der Waals surface area contributed by atoms with E-state index in [1.54, 1.807) is 12.3 Å². The van der Waals surface area contributed by atoms with Crippen LogP contribution in [0.15, 0.2) is 30.5 Å². The number of aryl methyl sites for hydroxylation is 1. The average molecular weight is 559 g/mol. The summed E-state index contributed by atoms with van der Waals surface area (Å²) in [5.41, 5.74) is 2.73. The maximum absolute atomic E-state index is 16.6. The van der Waals surface area contributed by atoms with Crippen molar-refractivity contribution >= 4 is 27.6 Å². The van der Waals surface area contributed by atoms with Crippen LogP contribution in [0, 0.1) is 24.1 Å². The van der Waals surface area contributed by atoms with Crippen LogP contribution in [0.1, 0.15) is 31.2 Å². The minimum absolute atomic E-state index is 0.0282. The largest absolute Gasteiger partial charge is 0.461 e. The zero-order chi connectivity index (χ0) is 28.1. The quantitative estimate of drug-likeness (QED) is 0.362. The first-order chi connectivity index (χ1) is 20.0. The second-order valence-electron chi connectivity index (χ2n) is 11.6. The van der Waals surface area contributed by atoms with Crippen LogP contribution >= 0.6 is 0 Å². The van der Waals surface area contributed by atoms with Crippen LogP contribution < -0.4 is 15.0 Å². The number of aromatic amines is 1. The predicted octanol–water partition coefficient (Wildman–Crippen LogP) is 4.27. The van der Waals surface area contributed by atoms with Gasteiger partial charge in [0.05, 0.1) is 29.7 Å². The highest BCUT2D eigenvalue weighted by Gasteiger charge is 2.49. The van der Waals surface area contributed by atoms with Crippen molar-refractivity contribution < 1.29 is 13.5 Å². The Morgan fingerprint density at radius 2 is 2.07 bits per heavy atom. The van der Waals surface area contributed by atoms with Gasteiger partial charge >= 0.3 is 6.01 Å². The molecule has 0 spiro atoms. The summed E-state index contributed by atoms with van der Waals surface area (Å²) in [6.45, 7) is 5.35. The molecular formula is C30H32F2N8O. The Bertz CT molecular complexity index is 1670. The third kappa shape index (κ3) is 4.46. The summed E-state index contributed by atoms with van der Waals surface area (Å²) in [6.07, 6.45) is 3.47. The lowest BCUT2D eigenvalue weighted by atomic mass is 9.95. The number of benzene rings is 2. The molecule has 3 fully saturated rings. The van der Waals surface area contributed by atoms with Gasteiger partial charge in [0.1, 0.15) is 24.1 Å².